The number of carbonyl (C=O) groups is 2. The van der Waals surface area contributed by atoms with Gasteiger partial charge in [0.2, 0.25) is 0 Å². The molecule has 23 heavy (non-hydrogen) atoms. The predicted octanol–water partition coefficient (Wildman–Crippen LogP) is 3.02. The average Bonchev–Trinajstić information content (AvgIpc) is 2.49. The van der Waals surface area contributed by atoms with Crippen LogP contribution in [0.25, 0.3) is 0 Å². The first-order valence-corrected chi connectivity index (χ1v) is 7.10. The van der Waals surface area contributed by atoms with Gasteiger partial charge < -0.3 is 20.6 Å². The molecule has 0 aliphatic rings. The maximum absolute atomic E-state index is 11.9. The number of nitrogens with zero attached hydrogens (tertiary/aromatic N) is 1. The van der Waals surface area contributed by atoms with E-state index in [1.807, 2.05) is 43.3 Å². The Morgan fingerprint density at radius 2 is 1.39 bits per heavy atom. The van der Waals surface area contributed by atoms with Crippen LogP contribution in [-0.4, -0.2) is 31.2 Å². The van der Waals surface area contributed by atoms with Crippen molar-refractivity contribution in [2.24, 2.45) is 0 Å². The van der Waals surface area contributed by atoms with Crippen LogP contribution in [0, 0.1) is 0 Å². The minimum atomic E-state index is -0.885. The van der Waals surface area contributed by atoms with Crippen molar-refractivity contribution in [2.45, 2.75) is 6.42 Å². The minimum absolute atomic E-state index is 0.0370. The molecule has 0 radical (unpaired) electrons. The van der Waals surface area contributed by atoms with Crippen LogP contribution in [0.2, 0.25) is 0 Å². The summed E-state index contributed by atoms with van der Waals surface area (Å²) in [6.07, 6.45) is -0.0370. The van der Waals surface area contributed by atoms with Gasteiger partial charge in [0.05, 0.1) is 6.42 Å². The number of aliphatic carboxylic acids is 1. The normalized spacial score (nSPS) is 10.0. The van der Waals surface area contributed by atoms with Crippen LogP contribution in [0.4, 0.5) is 21.9 Å². The van der Waals surface area contributed by atoms with Crippen molar-refractivity contribution in [2.75, 3.05) is 29.6 Å². The van der Waals surface area contributed by atoms with E-state index >= 15 is 0 Å². The molecule has 0 fully saturated rings. The molecule has 0 aliphatic heterocycles. The zero-order valence-corrected chi connectivity index (χ0v) is 13.0. The Labute approximate surface area is 134 Å². The first kappa shape index (κ1) is 16.4. The van der Waals surface area contributed by atoms with Crippen LogP contribution in [0.1, 0.15) is 5.56 Å². The molecule has 0 aromatic heterocycles. The molecule has 0 aliphatic carbocycles. The summed E-state index contributed by atoms with van der Waals surface area (Å²) in [6, 6.07) is 13.8. The van der Waals surface area contributed by atoms with Gasteiger partial charge in [-0.1, -0.05) is 12.1 Å². The number of amides is 2. The van der Waals surface area contributed by atoms with E-state index in [0.29, 0.717) is 16.9 Å². The summed E-state index contributed by atoms with van der Waals surface area (Å²) in [4.78, 5) is 24.5. The molecule has 6 nitrogen and oxygen atoms in total. The smallest absolute Gasteiger partial charge is 0.323 e. The summed E-state index contributed by atoms with van der Waals surface area (Å²) in [5, 5.41) is 14.2. The zero-order valence-electron chi connectivity index (χ0n) is 13.0. The van der Waals surface area contributed by atoms with E-state index in [4.69, 9.17) is 5.11 Å². The van der Waals surface area contributed by atoms with Crippen molar-refractivity contribution in [1.29, 1.82) is 0 Å². The van der Waals surface area contributed by atoms with Crippen molar-refractivity contribution in [3.05, 3.63) is 54.1 Å². The maximum Gasteiger partial charge on any atom is 0.323 e. The first-order chi connectivity index (χ1) is 10.9. The molecule has 0 unspecified atom stereocenters. The molecule has 0 spiro atoms. The van der Waals surface area contributed by atoms with Crippen LogP contribution in [0.5, 0.6) is 0 Å². The van der Waals surface area contributed by atoms with Crippen molar-refractivity contribution in [3.8, 4) is 0 Å². The number of rotatable bonds is 5. The van der Waals surface area contributed by atoms with Gasteiger partial charge in [0, 0.05) is 31.2 Å². The summed E-state index contributed by atoms with van der Waals surface area (Å²) in [6.45, 7) is 0. The molecule has 120 valence electrons. The largest absolute Gasteiger partial charge is 0.481 e. The first-order valence-electron chi connectivity index (χ1n) is 7.10. The highest BCUT2D eigenvalue weighted by molar-refractivity contribution is 5.99. The Morgan fingerprint density at radius 1 is 0.913 bits per heavy atom. The molecule has 0 saturated carbocycles. The fourth-order valence-electron chi connectivity index (χ4n) is 2.02. The predicted molar refractivity (Wildman–Crippen MR) is 91.2 cm³/mol. The van der Waals surface area contributed by atoms with Crippen molar-refractivity contribution < 1.29 is 14.7 Å². The van der Waals surface area contributed by atoms with Crippen molar-refractivity contribution in [3.63, 3.8) is 0 Å². The summed E-state index contributed by atoms with van der Waals surface area (Å²) in [7, 11) is 3.90. The van der Waals surface area contributed by atoms with E-state index in [1.54, 1.807) is 24.3 Å². The van der Waals surface area contributed by atoms with Crippen molar-refractivity contribution in [1.82, 2.24) is 0 Å². The molecule has 0 bridgehead atoms. The lowest BCUT2D eigenvalue weighted by molar-refractivity contribution is -0.136. The lowest BCUT2D eigenvalue weighted by Gasteiger charge is -2.13. The highest BCUT2D eigenvalue weighted by Gasteiger charge is 2.04. The molecule has 0 heterocycles. The number of hydrogen-bond acceptors (Lipinski definition) is 3. The number of hydrogen-bond donors (Lipinski definition) is 3. The lowest BCUT2D eigenvalue weighted by Crippen LogP contribution is -2.19. The van der Waals surface area contributed by atoms with Gasteiger partial charge in [0.25, 0.3) is 0 Å². The molecule has 3 N–H and O–H groups in total. The van der Waals surface area contributed by atoms with Gasteiger partial charge in [-0.05, 0) is 42.0 Å². The van der Waals surface area contributed by atoms with Gasteiger partial charge in [-0.3, -0.25) is 4.79 Å². The van der Waals surface area contributed by atoms with Crippen LogP contribution >= 0.6 is 0 Å². The maximum atomic E-state index is 11.9. The number of urea groups is 1. The third-order valence-corrected chi connectivity index (χ3v) is 3.21. The second-order valence-electron chi connectivity index (χ2n) is 5.29. The van der Waals surface area contributed by atoms with Gasteiger partial charge in [0.15, 0.2) is 0 Å². The van der Waals surface area contributed by atoms with E-state index in [2.05, 4.69) is 10.6 Å². The molecule has 0 atom stereocenters. The Bertz CT molecular complexity index is 679. The summed E-state index contributed by atoms with van der Waals surface area (Å²) >= 11 is 0. The van der Waals surface area contributed by atoms with E-state index in [1.165, 1.54) is 0 Å². The number of benzene rings is 2. The molecule has 2 aromatic rings. The monoisotopic (exact) mass is 313 g/mol. The molecule has 2 amide bonds. The quantitative estimate of drug-likeness (QED) is 0.792. The summed E-state index contributed by atoms with van der Waals surface area (Å²) in [5.74, 6) is -0.885. The third-order valence-electron chi connectivity index (χ3n) is 3.21. The van der Waals surface area contributed by atoms with Gasteiger partial charge in [-0.2, -0.15) is 0 Å². The van der Waals surface area contributed by atoms with Gasteiger partial charge in [-0.25, -0.2) is 4.79 Å². The Morgan fingerprint density at radius 3 is 1.83 bits per heavy atom. The van der Waals surface area contributed by atoms with Gasteiger partial charge in [-0.15, -0.1) is 0 Å². The van der Waals surface area contributed by atoms with Crippen LogP contribution in [0.3, 0.4) is 0 Å². The summed E-state index contributed by atoms with van der Waals surface area (Å²) < 4.78 is 0. The third kappa shape index (κ3) is 5.03. The highest BCUT2D eigenvalue weighted by atomic mass is 16.4. The van der Waals surface area contributed by atoms with E-state index in [-0.39, 0.29) is 12.5 Å². The molecule has 2 rings (SSSR count). The Balaban J connectivity index is 1.92. The molecule has 0 saturated heterocycles. The number of anilines is 3. The number of carbonyl (C=O) groups excluding carboxylic acids is 1. The van der Waals surface area contributed by atoms with Crippen LogP contribution in [-0.2, 0) is 11.2 Å². The minimum Gasteiger partial charge on any atom is -0.481 e. The van der Waals surface area contributed by atoms with Crippen LogP contribution in [0.15, 0.2) is 48.5 Å². The Kier molecular flexibility index (Phi) is 5.19. The second kappa shape index (κ2) is 7.31. The van der Waals surface area contributed by atoms with Crippen molar-refractivity contribution >= 4 is 29.1 Å². The number of carboxylic acid groups (broad SMARTS) is 1. The zero-order chi connectivity index (χ0) is 16.8. The van der Waals surface area contributed by atoms with E-state index in [9.17, 15) is 9.59 Å². The fourth-order valence-corrected chi connectivity index (χ4v) is 2.02. The molecular weight excluding hydrogens is 294 g/mol. The highest BCUT2D eigenvalue weighted by Crippen LogP contribution is 2.16. The van der Waals surface area contributed by atoms with E-state index in [0.717, 1.165) is 5.69 Å². The molecule has 6 heteroatoms. The van der Waals surface area contributed by atoms with Crippen LogP contribution < -0.4 is 15.5 Å². The summed E-state index contributed by atoms with van der Waals surface area (Å²) in [5.41, 5.74) is 3.02. The fraction of sp³-hybridized carbons (Fsp3) is 0.176. The topological polar surface area (TPSA) is 81.7 Å². The Hall–Kier alpha value is -3.02. The SMILES string of the molecule is CN(C)c1ccc(NC(=O)Nc2ccc(CC(=O)O)cc2)cc1. The number of nitrogens with one attached hydrogen (secondary N) is 2. The van der Waals surface area contributed by atoms with Gasteiger partial charge in [0.1, 0.15) is 0 Å². The molecule has 2 aromatic carbocycles. The molecular formula is C17H19N3O3. The van der Waals surface area contributed by atoms with E-state index < -0.39 is 5.97 Å². The van der Waals surface area contributed by atoms with Gasteiger partial charge >= 0.3 is 12.0 Å². The average molecular weight is 313 g/mol. The number of carboxylic acids is 1. The second-order valence-corrected chi connectivity index (χ2v) is 5.29. The standard InChI is InChI=1S/C17H19N3O3/c1-20(2)15-9-7-14(8-10-15)19-17(23)18-13-5-3-12(4-6-13)11-16(21)22/h3-10H,11H2,1-2H3,(H,21,22)(H2,18,19,23). The lowest BCUT2D eigenvalue weighted by atomic mass is 10.1.